The highest BCUT2D eigenvalue weighted by Gasteiger charge is 2.23. The molecule has 0 amide bonds. The Morgan fingerprint density at radius 1 is 1.26 bits per heavy atom. The summed E-state index contributed by atoms with van der Waals surface area (Å²) in [6.45, 7) is 4.76. The zero-order valence-corrected chi connectivity index (χ0v) is 13.2. The fraction of sp³-hybridized carbons (Fsp3) is 0.471. The average molecular weight is 312 g/mol. The summed E-state index contributed by atoms with van der Waals surface area (Å²) in [6.07, 6.45) is 5.63. The van der Waals surface area contributed by atoms with E-state index in [1.807, 2.05) is 31.5 Å². The Morgan fingerprint density at radius 3 is 2.96 bits per heavy atom. The quantitative estimate of drug-likeness (QED) is 0.741. The molecule has 6 nitrogen and oxygen atoms in total. The minimum absolute atomic E-state index is 0.372. The highest BCUT2D eigenvalue weighted by atomic mass is 16.5. The molecule has 0 spiro atoms. The van der Waals surface area contributed by atoms with Crippen molar-refractivity contribution in [2.45, 2.75) is 32.4 Å². The topological polar surface area (TPSA) is 62.1 Å². The minimum Gasteiger partial charge on any atom is -0.381 e. The predicted molar refractivity (Wildman–Crippen MR) is 87.2 cm³/mol. The predicted octanol–water partition coefficient (Wildman–Crippen LogP) is 2.87. The third-order valence-corrected chi connectivity index (χ3v) is 4.34. The summed E-state index contributed by atoms with van der Waals surface area (Å²) in [5.41, 5.74) is 3.76. The minimum atomic E-state index is 0.372. The van der Waals surface area contributed by atoms with E-state index in [2.05, 4.69) is 14.5 Å². The molecule has 3 aromatic rings. The van der Waals surface area contributed by atoms with Gasteiger partial charge < -0.3 is 14.0 Å². The van der Waals surface area contributed by atoms with Crippen molar-refractivity contribution in [2.24, 2.45) is 0 Å². The first-order valence-electron chi connectivity index (χ1n) is 8.14. The molecule has 0 N–H and O–H groups in total. The Bertz CT molecular complexity index is 824. The Kier molecular flexibility index (Phi) is 3.93. The Labute approximate surface area is 134 Å². The van der Waals surface area contributed by atoms with Gasteiger partial charge in [0.2, 0.25) is 0 Å². The number of pyridine rings is 2. The maximum Gasteiger partial charge on any atom is 0.136 e. The average Bonchev–Trinajstić information content (AvgIpc) is 2.99. The molecular formula is C17H20N4O2. The number of ether oxygens (including phenoxy) is 2. The molecular weight excluding hydrogens is 292 g/mol. The number of imidazole rings is 1. The Hall–Kier alpha value is -2.05. The third-order valence-electron chi connectivity index (χ3n) is 4.34. The second-order valence-electron chi connectivity index (χ2n) is 5.74. The van der Waals surface area contributed by atoms with Crippen molar-refractivity contribution in [3.05, 3.63) is 30.4 Å². The molecule has 0 aliphatic carbocycles. The lowest BCUT2D eigenvalue weighted by molar-refractivity contribution is 0.0662. The van der Waals surface area contributed by atoms with Gasteiger partial charge in [-0.1, -0.05) is 0 Å². The summed E-state index contributed by atoms with van der Waals surface area (Å²) in [5.74, 6) is 0.953. The van der Waals surface area contributed by atoms with E-state index in [1.165, 1.54) is 0 Å². The fourth-order valence-corrected chi connectivity index (χ4v) is 3.27. The zero-order valence-electron chi connectivity index (χ0n) is 13.2. The van der Waals surface area contributed by atoms with Gasteiger partial charge in [0, 0.05) is 32.1 Å². The van der Waals surface area contributed by atoms with Gasteiger partial charge in [0.25, 0.3) is 0 Å². The summed E-state index contributed by atoms with van der Waals surface area (Å²) in [5, 5.41) is 0. The number of fused-ring (bicyclic) bond motifs is 3. The van der Waals surface area contributed by atoms with Crippen LogP contribution in [0.15, 0.2) is 24.5 Å². The molecule has 0 atom stereocenters. The number of rotatable bonds is 4. The standard InChI is InChI=1S/C17H20N4O2/c1-2-22-11-15-20-14-10-19-13-4-3-7-18-16(13)17(14)21(15)12-5-8-23-9-6-12/h3-4,7,10,12H,2,5-6,8-9,11H2,1H3. The van der Waals surface area contributed by atoms with E-state index >= 15 is 0 Å². The molecule has 4 heterocycles. The van der Waals surface area contributed by atoms with Gasteiger partial charge in [-0.2, -0.15) is 0 Å². The van der Waals surface area contributed by atoms with Gasteiger partial charge in [-0.25, -0.2) is 4.98 Å². The number of aromatic nitrogens is 4. The van der Waals surface area contributed by atoms with Gasteiger partial charge in [-0.15, -0.1) is 0 Å². The van der Waals surface area contributed by atoms with Crippen LogP contribution in [0.25, 0.3) is 22.1 Å². The van der Waals surface area contributed by atoms with E-state index in [1.54, 1.807) is 0 Å². The van der Waals surface area contributed by atoms with Crippen LogP contribution >= 0.6 is 0 Å². The first-order valence-corrected chi connectivity index (χ1v) is 8.14. The van der Waals surface area contributed by atoms with E-state index in [0.717, 1.165) is 53.9 Å². The van der Waals surface area contributed by atoms with Crippen molar-refractivity contribution in [3.8, 4) is 0 Å². The molecule has 1 aliphatic rings. The van der Waals surface area contributed by atoms with Crippen molar-refractivity contribution < 1.29 is 9.47 Å². The summed E-state index contributed by atoms with van der Waals surface area (Å²) >= 11 is 0. The van der Waals surface area contributed by atoms with Crippen molar-refractivity contribution in [1.82, 2.24) is 19.5 Å². The van der Waals surface area contributed by atoms with Crippen LogP contribution < -0.4 is 0 Å². The van der Waals surface area contributed by atoms with Crippen LogP contribution in [0.3, 0.4) is 0 Å². The van der Waals surface area contributed by atoms with E-state index < -0.39 is 0 Å². The van der Waals surface area contributed by atoms with Gasteiger partial charge in [0.15, 0.2) is 0 Å². The lowest BCUT2D eigenvalue weighted by Gasteiger charge is -2.26. The smallest absolute Gasteiger partial charge is 0.136 e. The molecule has 23 heavy (non-hydrogen) atoms. The van der Waals surface area contributed by atoms with Crippen molar-refractivity contribution >= 4 is 22.1 Å². The first-order chi connectivity index (χ1) is 11.4. The summed E-state index contributed by atoms with van der Waals surface area (Å²) < 4.78 is 13.5. The Morgan fingerprint density at radius 2 is 2.13 bits per heavy atom. The second kappa shape index (κ2) is 6.22. The summed E-state index contributed by atoms with van der Waals surface area (Å²) in [4.78, 5) is 13.8. The number of hydrogen-bond donors (Lipinski definition) is 0. The van der Waals surface area contributed by atoms with E-state index in [9.17, 15) is 0 Å². The van der Waals surface area contributed by atoms with Gasteiger partial charge in [0.05, 0.1) is 17.2 Å². The van der Waals surface area contributed by atoms with E-state index in [-0.39, 0.29) is 0 Å². The molecule has 1 aliphatic heterocycles. The van der Waals surface area contributed by atoms with Crippen molar-refractivity contribution in [2.75, 3.05) is 19.8 Å². The molecule has 1 fully saturated rings. The normalized spacial score (nSPS) is 16.4. The molecule has 0 unspecified atom stereocenters. The van der Waals surface area contributed by atoms with Gasteiger partial charge in [0.1, 0.15) is 23.5 Å². The lowest BCUT2D eigenvalue weighted by atomic mass is 10.1. The first kappa shape index (κ1) is 14.5. The van der Waals surface area contributed by atoms with E-state index in [4.69, 9.17) is 14.5 Å². The largest absolute Gasteiger partial charge is 0.381 e. The molecule has 4 rings (SSSR count). The molecule has 0 saturated carbocycles. The summed E-state index contributed by atoms with van der Waals surface area (Å²) in [7, 11) is 0. The SMILES string of the molecule is CCOCc1nc2cnc3cccnc3c2n1C1CCOCC1. The van der Waals surface area contributed by atoms with E-state index in [0.29, 0.717) is 19.3 Å². The van der Waals surface area contributed by atoms with Crippen LogP contribution in [0.1, 0.15) is 31.6 Å². The highest BCUT2D eigenvalue weighted by molar-refractivity contribution is 5.99. The molecule has 0 bridgehead atoms. The third kappa shape index (κ3) is 2.58. The fourth-order valence-electron chi connectivity index (χ4n) is 3.27. The molecule has 0 aromatic carbocycles. The van der Waals surface area contributed by atoms with Crippen LogP contribution in [0.5, 0.6) is 0 Å². The molecule has 1 saturated heterocycles. The maximum absolute atomic E-state index is 5.64. The van der Waals surface area contributed by atoms with Crippen LogP contribution in [-0.4, -0.2) is 39.3 Å². The van der Waals surface area contributed by atoms with Gasteiger partial charge in [-0.3, -0.25) is 9.97 Å². The highest BCUT2D eigenvalue weighted by Crippen LogP contribution is 2.31. The van der Waals surface area contributed by atoms with Crippen LogP contribution in [0, 0.1) is 0 Å². The van der Waals surface area contributed by atoms with Crippen LogP contribution in [0.2, 0.25) is 0 Å². The molecule has 0 radical (unpaired) electrons. The molecule has 6 heteroatoms. The number of hydrogen-bond acceptors (Lipinski definition) is 5. The van der Waals surface area contributed by atoms with Crippen LogP contribution in [0.4, 0.5) is 0 Å². The van der Waals surface area contributed by atoms with Crippen LogP contribution in [-0.2, 0) is 16.1 Å². The molecule has 3 aromatic heterocycles. The summed E-state index contributed by atoms with van der Waals surface area (Å²) in [6, 6.07) is 4.28. The monoisotopic (exact) mass is 312 g/mol. The molecule has 120 valence electrons. The zero-order chi connectivity index (χ0) is 15.6. The van der Waals surface area contributed by atoms with Crippen molar-refractivity contribution in [3.63, 3.8) is 0 Å². The Balaban J connectivity index is 1.94. The van der Waals surface area contributed by atoms with Gasteiger partial charge in [-0.05, 0) is 31.9 Å². The lowest BCUT2D eigenvalue weighted by Crippen LogP contribution is -2.21. The second-order valence-corrected chi connectivity index (χ2v) is 5.74. The number of nitrogens with zero attached hydrogens (tertiary/aromatic N) is 4. The van der Waals surface area contributed by atoms with Crippen molar-refractivity contribution in [1.29, 1.82) is 0 Å². The van der Waals surface area contributed by atoms with Gasteiger partial charge >= 0.3 is 0 Å². The maximum atomic E-state index is 5.64.